The van der Waals surface area contributed by atoms with E-state index in [9.17, 15) is 9.90 Å². The van der Waals surface area contributed by atoms with Gasteiger partial charge < -0.3 is 5.11 Å². The highest BCUT2D eigenvalue weighted by Crippen LogP contribution is 2.17. The number of hydrogen-bond acceptors (Lipinski definition) is 2. The molecule has 0 rings (SSSR count). The van der Waals surface area contributed by atoms with E-state index < -0.39 is 5.97 Å². The summed E-state index contributed by atoms with van der Waals surface area (Å²) < 4.78 is 0. The fourth-order valence-corrected chi connectivity index (χ4v) is 2.26. The molecule has 1 N–H and O–H groups in total. The standard InChI is InChI=1S/C13H27NO2/c1-6-11(7-2)14(9-10(4)5)12(8-3)13(15)16/h10-12H,6-9H2,1-5H3,(H,15,16). The molecular weight excluding hydrogens is 202 g/mol. The van der Waals surface area contributed by atoms with Crippen LogP contribution in [0, 0.1) is 5.92 Å². The molecule has 0 fully saturated rings. The van der Waals surface area contributed by atoms with Crippen LogP contribution >= 0.6 is 0 Å². The zero-order valence-electron chi connectivity index (χ0n) is 11.4. The van der Waals surface area contributed by atoms with E-state index in [0.29, 0.717) is 18.4 Å². The van der Waals surface area contributed by atoms with E-state index in [0.717, 1.165) is 19.4 Å². The summed E-state index contributed by atoms with van der Waals surface area (Å²) in [4.78, 5) is 13.4. The number of carboxylic acid groups (broad SMARTS) is 1. The molecule has 16 heavy (non-hydrogen) atoms. The summed E-state index contributed by atoms with van der Waals surface area (Å²) in [5.74, 6) is -0.177. The summed E-state index contributed by atoms with van der Waals surface area (Å²) in [6, 6.07) is 0.0655. The Labute approximate surface area is 99.8 Å². The van der Waals surface area contributed by atoms with Gasteiger partial charge in [-0.1, -0.05) is 34.6 Å². The van der Waals surface area contributed by atoms with Crippen molar-refractivity contribution in [3.8, 4) is 0 Å². The monoisotopic (exact) mass is 229 g/mol. The SMILES string of the molecule is CCC(CC)N(CC(C)C)C(CC)C(=O)O. The van der Waals surface area contributed by atoms with Crippen molar-refractivity contribution in [1.82, 2.24) is 4.90 Å². The first-order chi connectivity index (χ1) is 7.47. The molecule has 0 spiro atoms. The van der Waals surface area contributed by atoms with Crippen LogP contribution in [0.1, 0.15) is 53.9 Å². The third kappa shape index (κ3) is 4.52. The Morgan fingerprint density at radius 1 is 1.12 bits per heavy atom. The fourth-order valence-electron chi connectivity index (χ4n) is 2.26. The molecule has 0 aliphatic heterocycles. The van der Waals surface area contributed by atoms with Crippen molar-refractivity contribution >= 4 is 5.97 Å². The van der Waals surface area contributed by atoms with Crippen molar-refractivity contribution < 1.29 is 9.90 Å². The van der Waals surface area contributed by atoms with Crippen LogP contribution in [-0.4, -0.2) is 34.6 Å². The fraction of sp³-hybridized carbons (Fsp3) is 0.923. The first-order valence-corrected chi connectivity index (χ1v) is 6.46. The van der Waals surface area contributed by atoms with Crippen molar-refractivity contribution in [3.05, 3.63) is 0 Å². The Balaban J connectivity index is 4.80. The zero-order valence-corrected chi connectivity index (χ0v) is 11.4. The molecule has 0 heterocycles. The Hall–Kier alpha value is -0.570. The molecular formula is C13H27NO2. The predicted octanol–water partition coefficient (Wildman–Crippen LogP) is 3.00. The average molecular weight is 229 g/mol. The minimum atomic E-state index is -0.685. The molecule has 0 radical (unpaired) electrons. The van der Waals surface area contributed by atoms with Gasteiger partial charge in [-0.2, -0.15) is 0 Å². The Morgan fingerprint density at radius 2 is 1.62 bits per heavy atom. The lowest BCUT2D eigenvalue weighted by atomic mass is 10.0. The summed E-state index contributed by atoms with van der Waals surface area (Å²) in [6.45, 7) is 11.4. The highest BCUT2D eigenvalue weighted by Gasteiger charge is 2.28. The number of carbonyl (C=O) groups is 1. The van der Waals surface area contributed by atoms with Gasteiger partial charge in [-0.3, -0.25) is 9.69 Å². The lowest BCUT2D eigenvalue weighted by Gasteiger charge is -2.36. The third-order valence-electron chi connectivity index (χ3n) is 3.06. The minimum Gasteiger partial charge on any atom is -0.480 e. The molecule has 0 saturated carbocycles. The number of aliphatic carboxylic acids is 1. The smallest absolute Gasteiger partial charge is 0.320 e. The number of hydrogen-bond donors (Lipinski definition) is 1. The normalized spacial score (nSPS) is 13.8. The molecule has 0 aliphatic carbocycles. The molecule has 0 aromatic rings. The summed E-state index contributed by atoms with van der Waals surface area (Å²) >= 11 is 0. The summed E-state index contributed by atoms with van der Waals surface area (Å²) in [6.07, 6.45) is 2.72. The maximum atomic E-state index is 11.2. The van der Waals surface area contributed by atoms with Crippen LogP contribution in [0.2, 0.25) is 0 Å². The van der Waals surface area contributed by atoms with E-state index in [-0.39, 0.29) is 6.04 Å². The lowest BCUT2D eigenvalue weighted by Crippen LogP contribution is -2.48. The quantitative estimate of drug-likeness (QED) is 0.695. The van der Waals surface area contributed by atoms with Gasteiger partial charge in [0.05, 0.1) is 0 Å². The van der Waals surface area contributed by atoms with Crippen LogP contribution in [0.15, 0.2) is 0 Å². The number of nitrogens with zero attached hydrogens (tertiary/aromatic N) is 1. The second-order valence-corrected chi connectivity index (χ2v) is 4.82. The minimum absolute atomic E-state index is 0.327. The van der Waals surface area contributed by atoms with Crippen molar-refractivity contribution in [1.29, 1.82) is 0 Å². The van der Waals surface area contributed by atoms with Crippen molar-refractivity contribution in [2.24, 2.45) is 5.92 Å². The van der Waals surface area contributed by atoms with Crippen LogP contribution in [0.3, 0.4) is 0 Å². The van der Waals surface area contributed by atoms with E-state index in [1.165, 1.54) is 0 Å². The van der Waals surface area contributed by atoms with Gasteiger partial charge in [-0.25, -0.2) is 0 Å². The summed E-state index contributed by atoms with van der Waals surface area (Å²) in [7, 11) is 0. The number of rotatable bonds is 8. The Kier molecular flexibility index (Phi) is 7.39. The topological polar surface area (TPSA) is 40.5 Å². The van der Waals surface area contributed by atoms with Crippen molar-refractivity contribution in [2.75, 3.05) is 6.54 Å². The van der Waals surface area contributed by atoms with Crippen molar-refractivity contribution in [3.63, 3.8) is 0 Å². The van der Waals surface area contributed by atoms with Gasteiger partial charge >= 0.3 is 5.97 Å². The van der Waals surface area contributed by atoms with Gasteiger partial charge in [-0.05, 0) is 25.2 Å². The maximum Gasteiger partial charge on any atom is 0.320 e. The largest absolute Gasteiger partial charge is 0.480 e. The van der Waals surface area contributed by atoms with Crippen LogP contribution in [0.25, 0.3) is 0 Å². The van der Waals surface area contributed by atoms with E-state index >= 15 is 0 Å². The number of carboxylic acids is 1. The molecule has 1 atom stereocenters. The molecule has 3 nitrogen and oxygen atoms in total. The zero-order chi connectivity index (χ0) is 12.7. The Bertz CT molecular complexity index is 200. The van der Waals surface area contributed by atoms with Crippen LogP contribution in [-0.2, 0) is 4.79 Å². The highest BCUT2D eigenvalue weighted by molar-refractivity contribution is 5.73. The Morgan fingerprint density at radius 3 is 1.88 bits per heavy atom. The van der Waals surface area contributed by atoms with Gasteiger partial charge in [0, 0.05) is 12.6 Å². The molecule has 0 aromatic heterocycles. The maximum absolute atomic E-state index is 11.2. The predicted molar refractivity (Wildman–Crippen MR) is 67.6 cm³/mol. The molecule has 0 aliphatic rings. The van der Waals surface area contributed by atoms with Crippen LogP contribution in [0.5, 0.6) is 0 Å². The van der Waals surface area contributed by atoms with E-state index in [4.69, 9.17) is 0 Å². The highest BCUT2D eigenvalue weighted by atomic mass is 16.4. The second-order valence-electron chi connectivity index (χ2n) is 4.82. The summed E-state index contributed by atoms with van der Waals surface area (Å²) in [5.41, 5.74) is 0. The molecule has 0 aromatic carbocycles. The molecule has 0 amide bonds. The molecule has 3 heteroatoms. The van der Waals surface area contributed by atoms with Crippen LogP contribution in [0.4, 0.5) is 0 Å². The van der Waals surface area contributed by atoms with E-state index in [1.807, 2.05) is 6.92 Å². The first-order valence-electron chi connectivity index (χ1n) is 6.46. The molecule has 0 saturated heterocycles. The molecule has 0 bridgehead atoms. The van der Waals surface area contributed by atoms with E-state index in [2.05, 4.69) is 32.6 Å². The van der Waals surface area contributed by atoms with Crippen LogP contribution < -0.4 is 0 Å². The summed E-state index contributed by atoms with van der Waals surface area (Å²) in [5, 5.41) is 9.25. The lowest BCUT2D eigenvalue weighted by molar-refractivity contribution is -0.144. The van der Waals surface area contributed by atoms with Gasteiger partial charge in [-0.15, -0.1) is 0 Å². The van der Waals surface area contributed by atoms with Gasteiger partial charge in [0.15, 0.2) is 0 Å². The molecule has 1 unspecified atom stereocenters. The average Bonchev–Trinajstić information content (AvgIpc) is 2.18. The second kappa shape index (κ2) is 7.66. The first kappa shape index (κ1) is 15.4. The molecule has 96 valence electrons. The van der Waals surface area contributed by atoms with Crippen molar-refractivity contribution in [2.45, 2.75) is 66.0 Å². The van der Waals surface area contributed by atoms with Gasteiger partial charge in [0.2, 0.25) is 0 Å². The van der Waals surface area contributed by atoms with Gasteiger partial charge in [0.1, 0.15) is 6.04 Å². The van der Waals surface area contributed by atoms with Gasteiger partial charge in [0.25, 0.3) is 0 Å². The van der Waals surface area contributed by atoms with E-state index in [1.54, 1.807) is 0 Å². The third-order valence-corrected chi connectivity index (χ3v) is 3.06.